The lowest BCUT2D eigenvalue weighted by Gasteiger charge is -2.01. The van der Waals surface area contributed by atoms with E-state index in [1.807, 2.05) is 30.3 Å². The Labute approximate surface area is 125 Å². The highest BCUT2D eigenvalue weighted by Gasteiger charge is 2.01. The Bertz CT molecular complexity index is 515. The Morgan fingerprint density at radius 1 is 1.19 bits per heavy atom. The highest BCUT2D eigenvalue weighted by molar-refractivity contribution is 5.90. The van der Waals surface area contributed by atoms with E-state index in [0.717, 1.165) is 5.56 Å². The van der Waals surface area contributed by atoms with Gasteiger partial charge in [-0.05, 0) is 25.8 Å². The molecule has 0 N–H and O–H groups in total. The maximum atomic E-state index is 11.8. The van der Waals surface area contributed by atoms with Gasteiger partial charge in [-0.3, -0.25) is 4.79 Å². The third-order valence-corrected chi connectivity index (χ3v) is 2.61. The molecule has 1 aromatic carbocycles. The number of allylic oxidation sites excluding steroid dienone is 2. The fraction of sp³-hybridized carbons (Fsp3) is 0.294. The molecule has 0 bridgehead atoms. The second kappa shape index (κ2) is 9.53. The van der Waals surface area contributed by atoms with Crippen LogP contribution in [0.4, 0.5) is 0 Å². The molecule has 0 aliphatic rings. The normalized spacial score (nSPS) is 11.4. The summed E-state index contributed by atoms with van der Waals surface area (Å²) in [5.41, 5.74) is 1.13. The van der Waals surface area contributed by atoms with Crippen molar-refractivity contribution in [1.29, 1.82) is 0 Å². The van der Waals surface area contributed by atoms with Crippen LogP contribution in [0, 0.1) is 0 Å². The van der Waals surface area contributed by atoms with Crippen molar-refractivity contribution in [3.05, 3.63) is 60.1 Å². The van der Waals surface area contributed by atoms with Gasteiger partial charge in [-0.2, -0.15) is 0 Å². The van der Waals surface area contributed by atoms with Crippen LogP contribution in [-0.4, -0.2) is 18.4 Å². The van der Waals surface area contributed by atoms with E-state index in [1.54, 1.807) is 13.8 Å². The molecule has 4 heteroatoms. The number of aryl methyl sites for hydroxylation is 1. The lowest BCUT2D eigenvalue weighted by Crippen LogP contribution is -2.00. The Hall–Kier alpha value is -2.36. The monoisotopic (exact) mass is 288 g/mol. The molecule has 4 nitrogen and oxygen atoms in total. The van der Waals surface area contributed by atoms with Gasteiger partial charge in [-0.1, -0.05) is 30.3 Å². The summed E-state index contributed by atoms with van der Waals surface area (Å²) in [4.78, 5) is 22.8. The summed E-state index contributed by atoms with van der Waals surface area (Å²) < 4.78 is 9.84. The molecule has 0 radical (unpaired) electrons. The minimum absolute atomic E-state index is 0.0131. The minimum atomic E-state index is -0.472. The number of carbonyl (C=O) groups excluding carboxylic acids is 2. The van der Waals surface area contributed by atoms with E-state index in [1.165, 1.54) is 18.4 Å². The number of carbonyl (C=O) groups is 2. The summed E-state index contributed by atoms with van der Waals surface area (Å²) in [5, 5.41) is 0. The maximum absolute atomic E-state index is 11.8. The average Bonchev–Trinajstić information content (AvgIpc) is 2.46. The lowest BCUT2D eigenvalue weighted by molar-refractivity contribution is -0.137. The molecular formula is C17H20O4. The molecule has 0 aliphatic heterocycles. The van der Waals surface area contributed by atoms with Crippen LogP contribution in [0.1, 0.15) is 25.8 Å². The molecule has 0 saturated carbocycles. The molecule has 0 spiro atoms. The molecule has 0 amide bonds. The quantitative estimate of drug-likeness (QED) is 0.419. The summed E-state index contributed by atoms with van der Waals surface area (Å²) >= 11 is 0. The smallest absolute Gasteiger partial charge is 0.333 e. The van der Waals surface area contributed by atoms with Crippen molar-refractivity contribution in [3.63, 3.8) is 0 Å². The number of ketones is 1. The predicted molar refractivity (Wildman–Crippen MR) is 80.4 cm³/mol. The number of benzene rings is 1. The van der Waals surface area contributed by atoms with Crippen molar-refractivity contribution >= 4 is 11.8 Å². The second-order valence-electron chi connectivity index (χ2n) is 4.38. The van der Waals surface area contributed by atoms with Crippen LogP contribution in [0.25, 0.3) is 0 Å². The summed E-state index contributed by atoms with van der Waals surface area (Å²) in [6.07, 6.45) is 4.94. The zero-order valence-corrected chi connectivity index (χ0v) is 12.4. The maximum Gasteiger partial charge on any atom is 0.333 e. The zero-order chi connectivity index (χ0) is 15.5. The molecule has 0 atom stereocenters. The van der Waals surface area contributed by atoms with Gasteiger partial charge in [0.25, 0.3) is 0 Å². The van der Waals surface area contributed by atoms with E-state index in [4.69, 9.17) is 9.47 Å². The standard InChI is InChI=1S/C17H20O4/c1-3-20-17(19)11-12-21-14(2)13-16(18)10-9-15-7-5-4-6-8-15/h4-8,11-13H,3,9-10H2,1-2H3/b12-11+,14-13+. The first kappa shape index (κ1) is 16.7. The largest absolute Gasteiger partial charge is 0.469 e. The third-order valence-electron chi connectivity index (χ3n) is 2.61. The van der Waals surface area contributed by atoms with E-state index >= 15 is 0 Å². The number of rotatable bonds is 8. The van der Waals surface area contributed by atoms with Gasteiger partial charge in [0.15, 0.2) is 5.78 Å². The molecule has 0 aliphatic carbocycles. The average molecular weight is 288 g/mol. The van der Waals surface area contributed by atoms with E-state index in [9.17, 15) is 9.59 Å². The van der Waals surface area contributed by atoms with Crippen LogP contribution in [0.3, 0.4) is 0 Å². The summed E-state index contributed by atoms with van der Waals surface area (Å²) in [7, 11) is 0. The Morgan fingerprint density at radius 2 is 1.90 bits per heavy atom. The van der Waals surface area contributed by atoms with Crippen LogP contribution in [0.2, 0.25) is 0 Å². The van der Waals surface area contributed by atoms with Crippen molar-refractivity contribution in [1.82, 2.24) is 0 Å². The summed E-state index contributed by atoms with van der Waals surface area (Å²) in [6, 6.07) is 9.82. The van der Waals surface area contributed by atoms with Crippen LogP contribution in [0.15, 0.2) is 54.5 Å². The van der Waals surface area contributed by atoms with Gasteiger partial charge >= 0.3 is 5.97 Å². The first-order chi connectivity index (χ1) is 10.1. The van der Waals surface area contributed by atoms with Gasteiger partial charge in [-0.15, -0.1) is 0 Å². The molecular weight excluding hydrogens is 268 g/mol. The fourth-order valence-corrected chi connectivity index (χ4v) is 1.63. The van der Waals surface area contributed by atoms with Crippen LogP contribution >= 0.6 is 0 Å². The summed E-state index contributed by atoms with van der Waals surface area (Å²) in [6.45, 7) is 3.70. The van der Waals surface area contributed by atoms with E-state index in [0.29, 0.717) is 25.2 Å². The van der Waals surface area contributed by atoms with Crippen molar-refractivity contribution < 1.29 is 19.1 Å². The van der Waals surface area contributed by atoms with Crippen LogP contribution in [-0.2, 0) is 25.5 Å². The first-order valence-electron chi connectivity index (χ1n) is 6.87. The molecule has 0 heterocycles. The van der Waals surface area contributed by atoms with Crippen molar-refractivity contribution in [2.24, 2.45) is 0 Å². The molecule has 0 saturated heterocycles. The molecule has 0 fully saturated rings. The Morgan fingerprint density at radius 3 is 2.57 bits per heavy atom. The fourth-order valence-electron chi connectivity index (χ4n) is 1.63. The van der Waals surface area contributed by atoms with Gasteiger partial charge in [0.2, 0.25) is 0 Å². The predicted octanol–water partition coefficient (Wildman–Crippen LogP) is 3.19. The summed E-state index contributed by atoms with van der Waals surface area (Å²) in [5.74, 6) is -0.0461. The van der Waals surface area contributed by atoms with Crippen molar-refractivity contribution in [2.45, 2.75) is 26.7 Å². The van der Waals surface area contributed by atoms with Crippen molar-refractivity contribution in [3.8, 4) is 0 Å². The van der Waals surface area contributed by atoms with E-state index in [-0.39, 0.29) is 5.78 Å². The van der Waals surface area contributed by atoms with Crippen LogP contribution in [0.5, 0.6) is 0 Å². The molecule has 21 heavy (non-hydrogen) atoms. The molecule has 0 unspecified atom stereocenters. The number of esters is 1. The number of hydrogen-bond donors (Lipinski definition) is 0. The van der Waals surface area contributed by atoms with Gasteiger partial charge in [-0.25, -0.2) is 4.79 Å². The second-order valence-corrected chi connectivity index (χ2v) is 4.38. The number of hydrogen-bond acceptors (Lipinski definition) is 4. The molecule has 1 aromatic rings. The third kappa shape index (κ3) is 7.72. The zero-order valence-electron chi connectivity index (χ0n) is 12.4. The highest BCUT2D eigenvalue weighted by Crippen LogP contribution is 2.05. The molecule has 0 aromatic heterocycles. The minimum Gasteiger partial charge on any atom is -0.469 e. The van der Waals surface area contributed by atoms with Gasteiger partial charge in [0.1, 0.15) is 5.76 Å². The van der Waals surface area contributed by atoms with Gasteiger partial charge in [0.05, 0.1) is 18.9 Å². The highest BCUT2D eigenvalue weighted by atomic mass is 16.5. The Kier molecular flexibility index (Phi) is 7.58. The van der Waals surface area contributed by atoms with E-state index in [2.05, 4.69) is 0 Å². The topological polar surface area (TPSA) is 52.6 Å². The number of ether oxygens (including phenoxy) is 2. The van der Waals surface area contributed by atoms with Gasteiger partial charge < -0.3 is 9.47 Å². The van der Waals surface area contributed by atoms with Crippen molar-refractivity contribution in [2.75, 3.05) is 6.61 Å². The molecule has 112 valence electrons. The van der Waals surface area contributed by atoms with E-state index < -0.39 is 5.97 Å². The first-order valence-corrected chi connectivity index (χ1v) is 6.87. The van der Waals surface area contributed by atoms with Gasteiger partial charge in [0, 0.05) is 12.5 Å². The van der Waals surface area contributed by atoms with Crippen LogP contribution < -0.4 is 0 Å². The Balaban J connectivity index is 2.36. The lowest BCUT2D eigenvalue weighted by atomic mass is 10.1. The SMILES string of the molecule is CCOC(=O)/C=C/O/C(C)=C/C(=O)CCc1ccccc1. The molecule has 1 rings (SSSR count).